The highest BCUT2D eigenvalue weighted by atomic mass is 16.5. The van der Waals surface area contributed by atoms with Gasteiger partial charge in [-0.3, -0.25) is 4.79 Å². The summed E-state index contributed by atoms with van der Waals surface area (Å²) in [5, 5.41) is 12.4. The van der Waals surface area contributed by atoms with Crippen molar-refractivity contribution in [3.05, 3.63) is 54.0 Å². The largest absolute Gasteiger partial charge is 0.489 e. The van der Waals surface area contributed by atoms with Gasteiger partial charge in [-0.05, 0) is 37.0 Å². The van der Waals surface area contributed by atoms with Crippen molar-refractivity contribution in [2.45, 2.75) is 39.9 Å². The molecule has 130 valence electrons. The molecule has 0 spiro atoms. The van der Waals surface area contributed by atoms with Crippen molar-refractivity contribution in [1.82, 2.24) is 5.32 Å². The topological polar surface area (TPSA) is 71.7 Å². The van der Waals surface area contributed by atoms with Crippen LogP contribution in [0.3, 0.4) is 0 Å². The summed E-state index contributed by atoms with van der Waals surface area (Å²) in [5.74, 6) is 0.729. The number of benzene rings is 1. The lowest BCUT2D eigenvalue weighted by Gasteiger charge is -2.26. The number of amides is 1. The lowest BCUT2D eigenvalue weighted by Crippen LogP contribution is -2.35. The van der Waals surface area contributed by atoms with Crippen molar-refractivity contribution < 1.29 is 19.1 Å². The second-order valence-electron chi connectivity index (χ2n) is 6.78. The molecule has 0 aliphatic heterocycles. The molecule has 0 saturated carbocycles. The van der Waals surface area contributed by atoms with Crippen LogP contribution < -0.4 is 10.1 Å². The highest BCUT2D eigenvalue weighted by Gasteiger charge is 2.23. The Bertz CT molecular complexity index is 646. The molecule has 0 aliphatic carbocycles. The maximum Gasteiger partial charge on any atom is 0.287 e. The number of carbonyl (C=O) groups excluding carboxylic acids is 1. The molecule has 1 atom stereocenters. The van der Waals surface area contributed by atoms with Gasteiger partial charge in [-0.1, -0.05) is 32.0 Å². The van der Waals surface area contributed by atoms with Gasteiger partial charge in [0.15, 0.2) is 5.76 Å². The normalized spacial score (nSPS) is 12.7. The van der Waals surface area contributed by atoms with Crippen molar-refractivity contribution in [2.24, 2.45) is 5.41 Å². The Morgan fingerprint density at radius 3 is 2.67 bits per heavy atom. The standard InChI is InChI=1S/C19H25NO4/c1-14(21)11-19(2,3)13-20-18(22)17-15(9-10-23-17)12-24-16-7-5-4-6-8-16/h4-10,14,21H,11-13H2,1-3H3,(H,20,22). The number of hydrogen-bond acceptors (Lipinski definition) is 4. The van der Waals surface area contributed by atoms with E-state index in [2.05, 4.69) is 5.32 Å². The molecule has 0 radical (unpaired) electrons. The molecule has 2 aromatic rings. The van der Waals surface area contributed by atoms with Gasteiger partial charge >= 0.3 is 0 Å². The van der Waals surface area contributed by atoms with Crippen LogP contribution in [0.5, 0.6) is 5.75 Å². The fourth-order valence-electron chi connectivity index (χ4n) is 2.60. The average Bonchev–Trinajstić information content (AvgIpc) is 2.99. The zero-order chi connectivity index (χ0) is 17.6. The predicted octanol–water partition coefficient (Wildman–Crippen LogP) is 3.39. The third-order valence-corrected chi connectivity index (χ3v) is 3.67. The number of ether oxygens (including phenoxy) is 1. The number of nitrogens with one attached hydrogen (secondary N) is 1. The summed E-state index contributed by atoms with van der Waals surface area (Å²) in [6.45, 7) is 6.47. The van der Waals surface area contributed by atoms with Crippen LogP contribution in [0.15, 0.2) is 47.1 Å². The molecule has 0 fully saturated rings. The summed E-state index contributed by atoms with van der Waals surface area (Å²) >= 11 is 0. The molecule has 1 amide bonds. The van der Waals surface area contributed by atoms with Crippen LogP contribution >= 0.6 is 0 Å². The van der Waals surface area contributed by atoms with Crippen LogP contribution in [0.25, 0.3) is 0 Å². The summed E-state index contributed by atoms with van der Waals surface area (Å²) < 4.78 is 11.0. The molecule has 5 nitrogen and oxygen atoms in total. The van der Waals surface area contributed by atoms with Gasteiger partial charge in [-0.25, -0.2) is 0 Å². The Hall–Kier alpha value is -2.27. The number of aliphatic hydroxyl groups excluding tert-OH is 1. The van der Waals surface area contributed by atoms with Gasteiger partial charge in [0, 0.05) is 12.1 Å². The van der Waals surface area contributed by atoms with Crippen molar-refractivity contribution in [1.29, 1.82) is 0 Å². The van der Waals surface area contributed by atoms with E-state index in [1.54, 1.807) is 13.0 Å². The number of rotatable bonds is 8. The number of hydrogen-bond donors (Lipinski definition) is 2. The highest BCUT2D eigenvalue weighted by Crippen LogP contribution is 2.22. The van der Waals surface area contributed by atoms with Crippen LogP contribution in [-0.4, -0.2) is 23.7 Å². The van der Waals surface area contributed by atoms with Crippen molar-refractivity contribution in [2.75, 3.05) is 6.54 Å². The van der Waals surface area contributed by atoms with Crippen molar-refractivity contribution in [3.63, 3.8) is 0 Å². The van der Waals surface area contributed by atoms with Gasteiger partial charge in [-0.15, -0.1) is 0 Å². The monoisotopic (exact) mass is 331 g/mol. The van der Waals surface area contributed by atoms with Gasteiger partial charge in [-0.2, -0.15) is 0 Å². The molecule has 0 aliphatic rings. The summed E-state index contributed by atoms with van der Waals surface area (Å²) in [6.07, 6.45) is 1.69. The second-order valence-corrected chi connectivity index (χ2v) is 6.78. The van der Waals surface area contributed by atoms with Gasteiger partial charge in [0.1, 0.15) is 12.4 Å². The molecule has 1 aromatic carbocycles. The third-order valence-electron chi connectivity index (χ3n) is 3.67. The molecule has 0 bridgehead atoms. The minimum Gasteiger partial charge on any atom is -0.489 e. The fourth-order valence-corrected chi connectivity index (χ4v) is 2.60. The highest BCUT2D eigenvalue weighted by molar-refractivity contribution is 5.92. The summed E-state index contributed by atoms with van der Waals surface area (Å²) in [6, 6.07) is 11.2. The minimum absolute atomic E-state index is 0.197. The molecular formula is C19H25NO4. The lowest BCUT2D eigenvalue weighted by atomic mass is 9.87. The SMILES string of the molecule is CC(O)CC(C)(C)CNC(=O)c1occc1COc1ccccc1. The Kier molecular flexibility index (Phi) is 6.04. The first-order valence-corrected chi connectivity index (χ1v) is 8.08. The van der Waals surface area contributed by atoms with Gasteiger partial charge in [0.25, 0.3) is 5.91 Å². The molecule has 1 unspecified atom stereocenters. The quantitative estimate of drug-likeness (QED) is 0.778. The first-order chi connectivity index (χ1) is 11.4. The van der Waals surface area contributed by atoms with E-state index in [0.29, 0.717) is 18.5 Å². The van der Waals surface area contributed by atoms with Crippen molar-refractivity contribution in [3.8, 4) is 5.75 Å². The molecule has 24 heavy (non-hydrogen) atoms. The molecule has 5 heteroatoms. The Labute approximate surface area is 142 Å². The summed E-state index contributed by atoms with van der Waals surface area (Å²) in [4.78, 5) is 12.3. The van der Waals surface area contributed by atoms with E-state index < -0.39 is 6.10 Å². The number of aliphatic hydroxyl groups is 1. The Morgan fingerprint density at radius 1 is 1.29 bits per heavy atom. The van der Waals surface area contributed by atoms with E-state index in [9.17, 15) is 9.90 Å². The van der Waals surface area contributed by atoms with E-state index in [4.69, 9.17) is 9.15 Å². The maximum absolute atomic E-state index is 12.3. The van der Waals surface area contributed by atoms with E-state index in [-0.39, 0.29) is 23.7 Å². The zero-order valence-electron chi connectivity index (χ0n) is 14.4. The minimum atomic E-state index is -0.407. The summed E-state index contributed by atoms with van der Waals surface area (Å²) in [7, 11) is 0. The van der Waals surface area contributed by atoms with Crippen LogP contribution in [0, 0.1) is 5.41 Å². The van der Waals surface area contributed by atoms with Gasteiger partial charge < -0.3 is 19.6 Å². The molecule has 1 aromatic heterocycles. The lowest BCUT2D eigenvalue weighted by molar-refractivity contribution is 0.0873. The molecule has 2 rings (SSSR count). The summed E-state index contributed by atoms with van der Waals surface area (Å²) in [5.41, 5.74) is 0.501. The number of furan rings is 1. The average molecular weight is 331 g/mol. The smallest absolute Gasteiger partial charge is 0.287 e. The predicted molar refractivity (Wildman–Crippen MR) is 91.9 cm³/mol. The first kappa shape index (κ1) is 18.1. The van der Waals surface area contributed by atoms with Crippen molar-refractivity contribution >= 4 is 5.91 Å². The van der Waals surface area contributed by atoms with Crippen LogP contribution in [0.1, 0.15) is 43.3 Å². The second kappa shape index (κ2) is 8.02. The van der Waals surface area contributed by atoms with Gasteiger partial charge in [0.05, 0.1) is 12.4 Å². The third kappa shape index (κ3) is 5.42. The van der Waals surface area contributed by atoms with Crippen LogP contribution in [0.4, 0.5) is 0 Å². The van der Waals surface area contributed by atoms with E-state index in [1.165, 1.54) is 6.26 Å². The van der Waals surface area contributed by atoms with E-state index >= 15 is 0 Å². The van der Waals surface area contributed by atoms with Gasteiger partial charge in [0.2, 0.25) is 0 Å². The van der Waals surface area contributed by atoms with Crippen LogP contribution in [0.2, 0.25) is 0 Å². The molecule has 1 heterocycles. The Balaban J connectivity index is 1.92. The van der Waals surface area contributed by atoms with E-state index in [1.807, 2.05) is 44.2 Å². The fraction of sp³-hybridized carbons (Fsp3) is 0.421. The Morgan fingerprint density at radius 2 is 2.00 bits per heavy atom. The number of carbonyl (C=O) groups is 1. The molecule has 2 N–H and O–H groups in total. The zero-order valence-corrected chi connectivity index (χ0v) is 14.4. The first-order valence-electron chi connectivity index (χ1n) is 8.08. The van der Waals surface area contributed by atoms with E-state index in [0.717, 1.165) is 5.75 Å². The maximum atomic E-state index is 12.3. The number of para-hydroxylation sites is 1. The van der Waals surface area contributed by atoms with Crippen LogP contribution in [-0.2, 0) is 6.61 Å². The molecule has 0 saturated heterocycles. The molecular weight excluding hydrogens is 306 g/mol.